The number of aryl methyl sites for hydroxylation is 1. The third-order valence-corrected chi connectivity index (χ3v) is 4.05. The normalized spacial score (nSPS) is 16.6. The minimum Gasteiger partial charge on any atom is -0.485 e. The van der Waals surface area contributed by atoms with Crippen molar-refractivity contribution in [1.29, 1.82) is 0 Å². The van der Waals surface area contributed by atoms with Crippen molar-refractivity contribution < 1.29 is 9.53 Å². The number of carbonyl (C=O) groups excluding carboxylic acids is 1. The number of carbonyl (C=O) groups is 1. The number of hydrogen-bond donors (Lipinski definition) is 1. The molecule has 1 aliphatic heterocycles. The zero-order valence-electron chi connectivity index (χ0n) is 14.8. The number of hydrogen-bond acceptors (Lipinski definition) is 5. The van der Waals surface area contributed by atoms with E-state index in [1.54, 1.807) is 17.3 Å². The highest BCUT2D eigenvalue weighted by Crippen LogP contribution is 2.26. The maximum atomic E-state index is 12.4. The molecule has 3 heterocycles. The first kappa shape index (κ1) is 17.0. The van der Waals surface area contributed by atoms with Gasteiger partial charge in [-0.15, -0.1) is 0 Å². The zero-order valence-corrected chi connectivity index (χ0v) is 14.8. The summed E-state index contributed by atoms with van der Waals surface area (Å²) in [5.41, 5.74) is 1.06. The third kappa shape index (κ3) is 4.17. The van der Waals surface area contributed by atoms with Crippen LogP contribution in [0.25, 0.3) is 0 Å². The van der Waals surface area contributed by atoms with Crippen molar-refractivity contribution in [1.82, 2.24) is 14.9 Å². The number of amides is 2. The fourth-order valence-electron chi connectivity index (χ4n) is 2.79. The second kappa shape index (κ2) is 7.38. The molecule has 0 bridgehead atoms. The van der Waals surface area contributed by atoms with E-state index < -0.39 is 0 Å². The van der Waals surface area contributed by atoms with Gasteiger partial charge in [-0.1, -0.05) is 0 Å². The summed E-state index contributed by atoms with van der Waals surface area (Å²) in [6.45, 7) is 3.16. The molecule has 1 aliphatic rings. The summed E-state index contributed by atoms with van der Waals surface area (Å²) in [4.78, 5) is 24.6. The Morgan fingerprint density at radius 3 is 2.92 bits per heavy atom. The topological polar surface area (TPSA) is 70.6 Å². The Hall–Kier alpha value is -2.83. The number of nitrogens with one attached hydrogen (secondary N) is 1. The number of nitrogens with zero attached hydrogens (tertiary/aromatic N) is 4. The van der Waals surface area contributed by atoms with Crippen LogP contribution >= 0.6 is 0 Å². The van der Waals surface area contributed by atoms with Gasteiger partial charge in [-0.05, 0) is 36.8 Å². The molecule has 1 fully saturated rings. The Morgan fingerprint density at radius 2 is 2.16 bits per heavy atom. The highest BCUT2D eigenvalue weighted by molar-refractivity contribution is 5.88. The van der Waals surface area contributed by atoms with Crippen LogP contribution in [0, 0.1) is 6.92 Å². The van der Waals surface area contributed by atoms with Gasteiger partial charge in [-0.2, -0.15) is 0 Å². The van der Waals surface area contributed by atoms with E-state index in [9.17, 15) is 4.79 Å². The Labute approximate surface area is 147 Å². The van der Waals surface area contributed by atoms with Crippen molar-refractivity contribution in [3.63, 3.8) is 0 Å². The monoisotopic (exact) mass is 341 g/mol. The van der Waals surface area contributed by atoms with E-state index in [-0.39, 0.29) is 12.1 Å². The number of aromatic nitrogens is 2. The van der Waals surface area contributed by atoms with Gasteiger partial charge in [0.05, 0.1) is 6.54 Å². The summed E-state index contributed by atoms with van der Waals surface area (Å²) in [5, 5.41) is 2.84. The average molecular weight is 341 g/mol. The molecule has 7 nitrogen and oxygen atoms in total. The molecule has 0 spiro atoms. The van der Waals surface area contributed by atoms with Gasteiger partial charge in [0, 0.05) is 39.5 Å². The van der Waals surface area contributed by atoms with E-state index in [4.69, 9.17) is 4.74 Å². The zero-order chi connectivity index (χ0) is 17.8. The lowest BCUT2D eigenvalue weighted by molar-refractivity contribution is 0.195. The molecule has 2 amide bonds. The molecule has 2 aromatic heterocycles. The van der Waals surface area contributed by atoms with E-state index in [2.05, 4.69) is 15.3 Å². The van der Waals surface area contributed by atoms with Gasteiger partial charge in [0.25, 0.3) is 0 Å². The van der Waals surface area contributed by atoms with Gasteiger partial charge >= 0.3 is 6.03 Å². The molecular formula is C18H23N5O2. The van der Waals surface area contributed by atoms with E-state index in [0.717, 1.165) is 23.6 Å². The number of likely N-dealkylation sites (tertiary alicyclic amines) is 1. The molecule has 0 aromatic carbocycles. The molecule has 25 heavy (non-hydrogen) atoms. The van der Waals surface area contributed by atoms with Crippen LogP contribution in [0.3, 0.4) is 0 Å². The molecule has 0 radical (unpaired) electrons. The van der Waals surface area contributed by atoms with Crippen LogP contribution in [-0.2, 0) is 0 Å². The third-order valence-electron chi connectivity index (χ3n) is 4.05. The largest absolute Gasteiger partial charge is 0.485 e. The quantitative estimate of drug-likeness (QED) is 0.925. The number of urea groups is 1. The first-order valence-electron chi connectivity index (χ1n) is 8.30. The Morgan fingerprint density at radius 1 is 1.32 bits per heavy atom. The first-order chi connectivity index (χ1) is 12.0. The van der Waals surface area contributed by atoms with Crippen molar-refractivity contribution in [2.75, 3.05) is 37.4 Å². The Balaban J connectivity index is 1.59. The second-order valence-electron chi connectivity index (χ2n) is 6.34. The number of anilines is 2. The molecule has 1 N–H and O–H groups in total. The van der Waals surface area contributed by atoms with Gasteiger partial charge in [0.2, 0.25) is 0 Å². The summed E-state index contributed by atoms with van der Waals surface area (Å²) >= 11 is 0. The molecule has 132 valence electrons. The highest BCUT2D eigenvalue weighted by Gasteiger charge is 2.28. The summed E-state index contributed by atoms with van der Waals surface area (Å²) in [5.74, 6) is 2.09. The number of ether oxygens (including phenoxy) is 1. The summed E-state index contributed by atoms with van der Waals surface area (Å²) in [6, 6.07) is 7.35. The van der Waals surface area contributed by atoms with Gasteiger partial charge in [-0.3, -0.25) is 5.32 Å². The van der Waals surface area contributed by atoms with Crippen LogP contribution in [0.15, 0.2) is 36.7 Å². The van der Waals surface area contributed by atoms with Gasteiger partial charge in [-0.25, -0.2) is 14.8 Å². The molecule has 1 saturated heterocycles. The minimum absolute atomic E-state index is 0.0425. The fraction of sp³-hybridized carbons (Fsp3) is 0.389. The predicted octanol–water partition coefficient (Wildman–Crippen LogP) is 2.54. The summed E-state index contributed by atoms with van der Waals surface area (Å²) in [7, 11) is 3.86. The maximum Gasteiger partial charge on any atom is 0.323 e. The summed E-state index contributed by atoms with van der Waals surface area (Å²) in [6.07, 6.45) is 4.17. The van der Waals surface area contributed by atoms with Crippen molar-refractivity contribution in [2.45, 2.75) is 19.4 Å². The van der Waals surface area contributed by atoms with Crippen LogP contribution in [-0.4, -0.2) is 54.2 Å². The molecular weight excluding hydrogens is 318 g/mol. The van der Waals surface area contributed by atoms with E-state index in [1.807, 2.05) is 50.2 Å². The number of pyridine rings is 2. The van der Waals surface area contributed by atoms with Gasteiger partial charge in [0.15, 0.2) is 11.6 Å². The molecule has 3 rings (SSSR count). The lowest BCUT2D eigenvalue weighted by atomic mass is 10.3. The van der Waals surface area contributed by atoms with Crippen molar-refractivity contribution in [3.8, 4) is 5.75 Å². The maximum absolute atomic E-state index is 12.4. The van der Waals surface area contributed by atoms with Crippen molar-refractivity contribution in [3.05, 3.63) is 42.2 Å². The Bertz CT molecular complexity index is 750. The summed E-state index contributed by atoms with van der Waals surface area (Å²) < 4.78 is 6.08. The van der Waals surface area contributed by atoms with Crippen LogP contribution < -0.4 is 15.0 Å². The smallest absolute Gasteiger partial charge is 0.323 e. The highest BCUT2D eigenvalue weighted by atomic mass is 16.5. The molecule has 7 heteroatoms. The van der Waals surface area contributed by atoms with Crippen molar-refractivity contribution >= 4 is 17.7 Å². The molecule has 0 unspecified atom stereocenters. The van der Waals surface area contributed by atoms with Gasteiger partial charge < -0.3 is 14.5 Å². The lowest BCUT2D eigenvalue weighted by Crippen LogP contribution is -2.34. The van der Waals surface area contributed by atoms with E-state index in [1.165, 1.54) is 0 Å². The van der Waals surface area contributed by atoms with Crippen LogP contribution in [0.2, 0.25) is 0 Å². The van der Waals surface area contributed by atoms with Crippen LogP contribution in [0.5, 0.6) is 5.75 Å². The van der Waals surface area contributed by atoms with Crippen molar-refractivity contribution in [2.24, 2.45) is 0 Å². The standard InChI is InChI=1S/C18H23N5O2/c1-13-6-9-19-16(11-13)21-18(24)23-10-7-14(12-23)25-15-5-4-8-20-17(15)22(2)3/h4-6,8-9,11,14H,7,10,12H2,1-3H3,(H,19,21,24)/t14-/m0/s1. The first-order valence-corrected chi connectivity index (χ1v) is 8.30. The predicted molar refractivity (Wildman–Crippen MR) is 97.2 cm³/mol. The number of rotatable bonds is 4. The SMILES string of the molecule is Cc1ccnc(NC(=O)N2CC[C@H](Oc3cccnc3N(C)C)C2)c1. The average Bonchev–Trinajstić information content (AvgIpc) is 3.04. The molecule has 1 atom stereocenters. The molecule has 2 aromatic rings. The van der Waals surface area contributed by atoms with E-state index in [0.29, 0.717) is 18.9 Å². The van der Waals surface area contributed by atoms with Crippen LogP contribution in [0.4, 0.5) is 16.4 Å². The fourth-order valence-corrected chi connectivity index (χ4v) is 2.79. The lowest BCUT2D eigenvalue weighted by Gasteiger charge is -2.20. The molecule has 0 aliphatic carbocycles. The van der Waals surface area contributed by atoms with Crippen LogP contribution in [0.1, 0.15) is 12.0 Å². The van der Waals surface area contributed by atoms with E-state index >= 15 is 0 Å². The second-order valence-corrected chi connectivity index (χ2v) is 6.34. The minimum atomic E-state index is -0.150. The van der Waals surface area contributed by atoms with Gasteiger partial charge in [0.1, 0.15) is 11.9 Å². The molecule has 0 saturated carbocycles. The Kier molecular flexibility index (Phi) is 5.02.